The van der Waals surface area contributed by atoms with Gasteiger partial charge in [-0.25, -0.2) is 0 Å². The minimum absolute atomic E-state index is 0.0634. The van der Waals surface area contributed by atoms with E-state index in [1.54, 1.807) is 17.1 Å². The van der Waals surface area contributed by atoms with Gasteiger partial charge in [-0.05, 0) is 19.4 Å². The Kier molecular flexibility index (Phi) is 3.29. The fourth-order valence-corrected chi connectivity index (χ4v) is 1.43. The molecule has 0 spiro atoms. The van der Waals surface area contributed by atoms with Crippen LogP contribution < -0.4 is 0 Å². The molecule has 0 aromatic rings. The van der Waals surface area contributed by atoms with Gasteiger partial charge in [0.1, 0.15) is 0 Å². The zero-order valence-corrected chi connectivity index (χ0v) is 7.36. The summed E-state index contributed by atoms with van der Waals surface area (Å²) in [6, 6.07) is 0. The third-order valence-corrected chi connectivity index (χ3v) is 2.16. The van der Waals surface area contributed by atoms with Gasteiger partial charge in [-0.1, -0.05) is 6.08 Å². The van der Waals surface area contributed by atoms with E-state index in [0.29, 0.717) is 12.5 Å². The summed E-state index contributed by atoms with van der Waals surface area (Å²) in [6.45, 7) is 3.52. The van der Waals surface area contributed by atoms with Crippen LogP contribution in [-0.2, 0) is 4.79 Å². The van der Waals surface area contributed by atoms with Crippen LogP contribution in [0.1, 0.15) is 13.3 Å². The van der Waals surface area contributed by atoms with Gasteiger partial charge in [0, 0.05) is 25.6 Å². The molecule has 1 aliphatic heterocycles. The lowest BCUT2D eigenvalue weighted by atomic mass is 10.1. The third kappa shape index (κ3) is 2.08. The maximum atomic E-state index is 11.3. The molecule has 68 valence electrons. The van der Waals surface area contributed by atoms with Gasteiger partial charge >= 0.3 is 0 Å². The summed E-state index contributed by atoms with van der Waals surface area (Å²) in [4.78, 5) is 13.0. The van der Waals surface area contributed by atoms with Gasteiger partial charge in [-0.15, -0.1) is 0 Å². The lowest BCUT2D eigenvalue weighted by Crippen LogP contribution is -2.27. The van der Waals surface area contributed by atoms with Crippen molar-refractivity contribution >= 4 is 5.91 Å². The molecular weight excluding hydrogens is 154 g/mol. The molecule has 1 atom stereocenters. The topological polar surface area (TPSA) is 40.5 Å². The summed E-state index contributed by atoms with van der Waals surface area (Å²) in [5.41, 5.74) is 0. The number of allylic oxidation sites excluding steroid dienone is 1. The Morgan fingerprint density at radius 1 is 1.75 bits per heavy atom. The van der Waals surface area contributed by atoms with Gasteiger partial charge in [0.2, 0.25) is 5.91 Å². The summed E-state index contributed by atoms with van der Waals surface area (Å²) in [7, 11) is 0. The molecule has 0 aromatic carbocycles. The normalized spacial score (nSPS) is 23.8. The van der Waals surface area contributed by atoms with Crippen LogP contribution in [0.3, 0.4) is 0 Å². The van der Waals surface area contributed by atoms with Crippen molar-refractivity contribution in [2.75, 3.05) is 19.7 Å². The van der Waals surface area contributed by atoms with Gasteiger partial charge in [0.05, 0.1) is 0 Å². The van der Waals surface area contributed by atoms with E-state index in [-0.39, 0.29) is 12.5 Å². The van der Waals surface area contributed by atoms with E-state index in [9.17, 15) is 4.79 Å². The predicted molar refractivity (Wildman–Crippen MR) is 46.6 cm³/mol. The van der Waals surface area contributed by atoms with Crippen molar-refractivity contribution in [2.45, 2.75) is 13.3 Å². The SMILES string of the molecule is CC=CC(=O)N1CCC(CO)C1. The number of likely N-dealkylation sites (tertiary alicyclic amines) is 1. The molecule has 1 aliphatic rings. The molecule has 1 amide bonds. The molecule has 3 heteroatoms. The Hall–Kier alpha value is -0.830. The molecule has 1 N–H and O–H groups in total. The zero-order chi connectivity index (χ0) is 8.97. The summed E-state index contributed by atoms with van der Waals surface area (Å²) < 4.78 is 0. The first kappa shape index (κ1) is 9.26. The van der Waals surface area contributed by atoms with Crippen LogP contribution in [0.5, 0.6) is 0 Å². The Balaban J connectivity index is 2.41. The number of nitrogens with zero attached hydrogens (tertiary/aromatic N) is 1. The highest BCUT2D eigenvalue weighted by molar-refractivity contribution is 5.87. The number of amides is 1. The largest absolute Gasteiger partial charge is 0.396 e. The Morgan fingerprint density at radius 3 is 3.00 bits per heavy atom. The van der Waals surface area contributed by atoms with E-state index < -0.39 is 0 Å². The van der Waals surface area contributed by atoms with E-state index in [1.807, 2.05) is 6.92 Å². The average molecular weight is 169 g/mol. The standard InChI is InChI=1S/C9H15NO2/c1-2-3-9(12)10-5-4-8(6-10)7-11/h2-3,8,11H,4-7H2,1H3. The average Bonchev–Trinajstić information content (AvgIpc) is 2.52. The van der Waals surface area contributed by atoms with Gasteiger partial charge in [0.25, 0.3) is 0 Å². The minimum atomic E-state index is 0.0634. The molecule has 1 saturated heterocycles. The van der Waals surface area contributed by atoms with Crippen molar-refractivity contribution in [3.8, 4) is 0 Å². The van der Waals surface area contributed by atoms with Crippen LogP contribution in [-0.4, -0.2) is 35.6 Å². The van der Waals surface area contributed by atoms with Crippen LogP contribution in [0.15, 0.2) is 12.2 Å². The van der Waals surface area contributed by atoms with Crippen molar-refractivity contribution in [3.05, 3.63) is 12.2 Å². The van der Waals surface area contributed by atoms with Crippen LogP contribution in [0.25, 0.3) is 0 Å². The van der Waals surface area contributed by atoms with Crippen molar-refractivity contribution < 1.29 is 9.90 Å². The maximum Gasteiger partial charge on any atom is 0.246 e. The molecule has 1 fully saturated rings. The number of aliphatic hydroxyl groups is 1. The van der Waals surface area contributed by atoms with E-state index >= 15 is 0 Å². The summed E-state index contributed by atoms with van der Waals surface area (Å²) in [5, 5.41) is 8.84. The van der Waals surface area contributed by atoms with Crippen LogP contribution in [0.4, 0.5) is 0 Å². The first-order chi connectivity index (χ1) is 5.77. The number of hydrogen-bond acceptors (Lipinski definition) is 2. The molecule has 0 bridgehead atoms. The van der Waals surface area contributed by atoms with Crippen molar-refractivity contribution in [3.63, 3.8) is 0 Å². The third-order valence-electron chi connectivity index (χ3n) is 2.16. The van der Waals surface area contributed by atoms with Crippen molar-refractivity contribution in [2.24, 2.45) is 5.92 Å². The lowest BCUT2D eigenvalue weighted by molar-refractivity contribution is -0.125. The quantitative estimate of drug-likeness (QED) is 0.608. The second-order valence-corrected chi connectivity index (χ2v) is 3.12. The fourth-order valence-electron chi connectivity index (χ4n) is 1.43. The van der Waals surface area contributed by atoms with Gasteiger partial charge in [-0.2, -0.15) is 0 Å². The second kappa shape index (κ2) is 4.26. The zero-order valence-electron chi connectivity index (χ0n) is 7.36. The molecule has 0 saturated carbocycles. The number of carbonyl (C=O) groups excluding carboxylic acids is 1. The fraction of sp³-hybridized carbons (Fsp3) is 0.667. The molecule has 12 heavy (non-hydrogen) atoms. The molecule has 1 rings (SSSR count). The lowest BCUT2D eigenvalue weighted by Gasteiger charge is -2.12. The monoisotopic (exact) mass is 169 g/mol. The molecular formula is C9H15NO2. The van der Waals surface area contributed by atoms with E-state index in [2.05, 4.69) is 0 Å². The first-order valence-corrected chi connectivity index (χ1v) is 4.30. The predicted octanol–water partition coefficient (Wildman–Crippen LogP) is 0.403. The van der Waals surface area contributed by atoms with E-state index in [0.717, 1.165) is 13.0 Å². The number of rotatable bonds is 2. The molecule has 0 radical (unpaired) electrons. The Bertz CT molecular complexity index is 189. The Labute approximate surface area is 72.7 Å². The number of hydrogen-bond donors (Lipinski definition) is 1. The summed E-state index contributed by atoms with van der Waals surface area (Å²) >= 11 is 0. The molecule has 0 aromatic heterocycles. The molecule has 0 aliphatic carbocycles. The summed E-state index contributed by atoms with van der Waals surface area (Å²) in [6.07, 6.45) is 4.24. The maximum absolute atomic E-state index is 11.3. The van der Waals surface area contributed by atoms with Crippen LogP contribution in [0.2, 0.25) is 0 Å². The first-order valence-electron chi connectivity index (χ1n) is 4.30. The van der Waals surface area contributed by atoms with E-state index in [1.165, 1.54) is 0 Å². The highest BCUT2D eigenvalue weighted by Crippen LogP contribution is 2.15. The van der Waals surface area contributed by atoms with Crippen LogP contribution in [0, 0.1) is 5.92 Å². The highest BCUT2D eigenvalue weighted by atomic mass is 16.3. The summed E-state index contributed by atoms with van der Waals surface area (Å²) in [5.74, 6) is 0.354. The number of carbonyl (C=O) groups is 1. The van der Waals surface area contributed by atoms with Gasteiger partial charge in [-0.3, -0.25) is 4.79 Å². The Morgan fingerprint density at radius 2 is 2.50 bits per heavy atom. The smallest absolute Gasteiger partial charge is 0.246 e. The number of aliphatic hydroxyl groups excluding tert-OH is 1. The minimum Gasteiger partial charge on any atom is -0.396 e. The van der Waals surface area contributed by atoms with Crippen molar-refractivity contribution in [1.29, 1.82) is 0 Å². The molecule has 1 unspecified atom stereocenters. The van der Waals surface area contributed by atoms with Crippen molar-refractivity contribution in [1.82, 2.24) is 4.90 Å². The van der Waals surface area contributed by atoms with E-state index in [4.69, 9.17) is 5.11 Å². The second-order valence-electron chi connectivity index (χ2n) is 3.12. The van der Waals surface area contributed by atoms with Gasteiger partial charge in [0.15, 0.2) is 0 Å². The molecule has 3 nitrogen and oxygen atoms in total. The molecule has 1 heterocycles. The van der Waals surface area contributed by atoms with Gasteiger partial charge < -0.3 is 10.0 Å². The highest BCUT2D eigenvalue weighted by Gasteiger charge is 2.23. The van der Waals surface area contributed by atoms with Crippen LogP contribution >= 0.6 is 0 Å².